The predicted molar refractivity (Wildman–Crippen MR) is 114 cm³/mol. The molecule has 0 aliphatic rings. The molecule has 0 aliphatic carbocycles. The van der Waals surface area contributed by atoms with E-state index in [-0.39, 0.29) is 12.5 Å². The van der Waals surface area contributed by atoms with Crippen molar-refractivity contribution in [2.24, 2.45) is 0 Å². The molecule has 144 valence electrons. The van der Waals surface area contributed by atoms with E-state index >= 15 is 0 Å². The number of carbonyl (C=O) groups excluding carboxylic acids is 2. The largest absolute Gasteiger partial charge is 0.452 e. The molecule has 3 aromatic rings. The Labute approximate surface area is 176 Å². The van der Waals surface area contributed by atoms with Crippen molar-refractivity contribution in [2.75, 3.05) is 11.9 Å². The molecule has 0 saturated heterocycles. The Balaban J connectivity index is 1.72. The van der Waals surface area contributed by atoms with Crippen LogP contribution in [0.2, 0.25) is 0 Å². The first-order chi connectivity index (χ1) is 13.5. The number of benzene rings is 1. The lowest BCUT2D eigenvalue weighted by molar-refractivity contribution is -0.119. The third-order valence-corrected chi connectivity index (χ3v) is 4.86. The van der Waals surface area contributed by atoms with Gasteiger partial charge in [-0.25, -0.2) is 14.5 Å². The second-order valence-electron chi connectivity index (χ2n) is 6.30. The van der Waals surface area contributed by atoms with Gasteiger partial charge in [0, 0.05) is 9.77 Å². The number of nitrogens with zero attached hydrogens (tertiary/aromatic N) is 3. The number of carbonyl (C=O) groups is 2. The molecule has 2 heterocycles. The lowest BCUT2D eigenvalue weighted by atomic mass is 10.1. The van der Waals surface area contributed by atoms with Gasteiger partial charge in [-0.2, -0.15) is 5.10 Å². The maximum Gasteiger partial charge on any atom is 0.342 e. The van der Waals surface area contributed by atoms with E-state index in [1.165, 1.54) is 6.20 Å². The molecule has 0 saturated carbocycles. The Morgan fingerprint density at radius 1 is 1.18 bits per heavy atom. The van der Waals surface area contributed by atoms with Crippen molar-refractivity contribution in [3.8, 4) is 5.82 Å². The second kappa shape index (κ2) is 8.96. The summed E-state index contributed by atoms with van der Waals surface area (Å²) in [7, 11) is 0. The normalized spacial score (nSPS) is 10.7. The quantitative estimate of drug-likeness (QED) is 0.420. The van der Waals surface area contributed by atoms with Gasteiger partial charge in [0.25, 0.3) is 5.91 Å². The van der Waals surface area contributed by atoms with Gasteiger partial charge in [0.05, 0.1) is 17.6 Å². The number of para-hydroxylation sites is 1. The van der Waals surface area contributed by atoms with Gasteiger partial charge in [0.2, 0.25) is 0 Å². The van der Waals surface area contributed by atoms with Crippen LogP contribution in [0, 0.1) is 3.57 Å². The van der Waals surface area contributed by atoms with E-state index in [4.69, 9.17) is 4.74 Å². The number of amides is 1. The van der Waals surface area contributed by atoms with Crippen molar-refractivity contribution in [1.82, 2.24) is 14.8 Å². The van der Waals surface area contributed by atoms with Crippen LogP contribution in [-0.2, 0) is 9.53 Å². The van der Waals surface area contributed by atoms with E-state index in [0.717, 1.165) is 3.57 Å². The van der Waals surface area contributed by atoms with E-state index in [2.05, 4.69) is 38.0 Å². The molecule has 0 fully saturated rings. The van der Waals surface area contributed by atoms with Crippen molar-refractivity contribution in [2.45, 2.75) is 19.8 Å². The third-order valence-electron chi connectivity index (χ3n) is 3.92. The molecular formula is C20H19IN4O3. The van der Waals surface area contributed by atoms with Gasteiger partial charge in [-0.3, -0.25) is 4.79 Å². The average Bonchev–Trinajstić information content (AvgIpc) is 3.14. The van der Waals surface area contributed by atoms with Gasteiger partial charge < -0.3 is 10.1 Å². The maximum atomic E-state index is 12.6. The summed E-state index contributed by atoms with van der Waals surface area (Å²) in [6.45, 7) is 3.53. The van der Waals surface area contributed by atoms with E-state index < -0.39 is 11.9 Å². The molecule has 0 spiro atoms. The van der Waals surface area contributed by atoms with E-state index in [1.54, 1.807) is 16.9 Å². The van der Waals surface area contributed by atoms with Crippen molar-refractivity contribution < 1.29 is 14.3 Å². The summed E-state index contributed by atoms with van der Waals surface area (Å²) in [6, 6.07) is 12.8. The smallest absolute Gasteiger partial charge is 0.342 e. The standard InChI is InChI=1S/C20H19IN4O3/c1-13(2)19-14(11-23-25(19)17-9-5-6-10-22-17)20(27)28-12-18(26)24-16-8-4-3-7-15(16)21/h3-11,13H,12H2,1-2H3,(H,24,26). The van der Waals surface area contributed by atoms with E-state index in [0.29, 0.717) is 22.8 Å². The zero-order chi connectivity index (χ0) is 20.1. The fourth-order valence-electron chi connectivity index (χ4n) is 2.69. The van der Waals surface area contributed by atoms with Crippen LogP contribution in [0.1, 0.15) is 35.8 Å². The number of hydrogen-bond acceptors (Lipinski definition) is 5. The average molecular weight is 490 g/mol. The van der Waals surface area contributed by atoms with Gasteiger partial charge in [0.15, 0.2) is 12.4 Å². The molecule has 2 aromatic heterocycles. The van der Waals surface area contributed by atoms with Gasteiger partial charge >= 0.3 is 5.97 Å². The Bertz CT molecular complexity index is 986. The molecule has 8 heteroatoms. The number of aromatic nitrogens is 3. The molecule has 3 rings (SSSR count). The van der Waals surface area contributed by atoms with Crippen molar-refractivity contribution in [3.05, 3.63) is 69.7 Å². The van der Waals surface area contributed by atoms with Crippen LogP contribution in [-0.4, -0.2) is 33.2 Å². The minimum Gasteiger partial charge on any atom is -0.452 e. The lowest BCUT2D eigenvalue weighted by Crippen LogP contribution is -2.22. The minimum absolute atomic E-state index is 0.00628. The summed E-state index contributed by atoms with van der Waals surface area (Å²) >= 11 is 2.13. The zero-order valence-electron chi connectivity index (χ0n) is 15.4. The molecule has 0 unspecified atom stereocenters. The SMILES string of the molecule is CC(C)c1c(C(=O)OCC(=O)Nc2ccccc2I)cnn1-c1ccccn1. The highest BCUT2D eigenvalue weighted by Gasteiger charge is 2.23. The van der Waals surface area contributed by atoms with E-state index in [9.17, 15) is 9.59 Å². The molecular weight excluding hydrogens is 471 g/mol. The number of pyridine rings is 1. The highest BCUT2D eigenvalue weighted by atomic mass is 127. The van der Waals surface area contributed by atoms with Gasteiger partial charge in [0.1, 0.15) is 5.56 Å². The molecule has 1 N–H and O–H groups in total. The molecule has 1 amide bonds. The number of nitrogens with one attached hydrogen (secondary N) is 1. The molecule has 28 heavy (non-hydrogen) atoms. The Morgan fingerprint density at radius 2 is 1.93 bits per heavy atom. The number of halogens is 1. The number of ether oxygens (including phenoxy) is 1. The van der Waals surface area contributed by atoms with Gasteiger partial charge in [-0.1, -0.05) is 32.0 Å². The predicted octanol–water partition coefficient (Wildman–Crippen LogP) is 3.79. The zero-order valence-corrected chi connectivity index (χ0v) is 17.6. The fraction of sp³-hybridized carbons (Fsp3) is 0.200. The molecule has 0 atom stereocenters. The highest BCUT2D eigenvalue weighted by molar-refractivity contribution is 14.1. The molecule has 1 aromatic carbocycles. The van der Waals surface area contributed by atoms with Gasteiger partial charge in [-0.15, -0.1) is 0 Å². The number of esters is 1. The number of rotatable bonds is 6. The molecule has 7 nitrogen and oxygen atoms in total. The first-order valence-corrected chi connectivity index (χ1v) is 9.76. The van der Waals surface area contributed by atoms with E-state index in [1.807, 2.05) is 50.2 Å². The van der Waals surface area contributed by atoms with Gasteiger partial charge in [-0.05, 0) is 52.8 Å². The Kier molecular flexibility index (Phi) is 6.40. The summed E-state index contributed by atoms with van der Waals surface area (Å²) in [5, 5.41) is 7.02. The van der Waals surface area contributed by atoms with Crippen LogP contribution in [0.3, 0.4) is 0 Å². The monoisotopic (exact) mass is 490 g/mol. The topological polar surface area (TPSA) is 86.1 Å². The molecule has 0 bridgehead atoms. The molecule has 0 aliphatic heterocycles. The second-order valence-corrected chi connectivity index (χ2v) is 7.46. The van der Waals surface area contributed by atoms with Crippen LogP contribution >= 0.6 is 22.6 Å². The number of anilines is 1. The van der Waals surface area contributed by atoms with Crippen LogP contribution in [0.15, 0.2) is 54.9 Å². The summed E-state index contributed by atoms with van der Waals surface area (Å²) in [4.78, 5) is 29.0. The summed E-state index contributed by atoms with van der Waals surface area (Å²) in [5.41, 5.74) is 1.68. The van der Waals surface area contributed by atoms with Crippen LogP contribution in [0.25, 0.3) is 5.82 Å². The first kappa shape index (κ1) is 20.0. The summed E-state index contributed by atoms with van der Waals surface area (Å²) < 4.78 is 7.73. The number of hydrogen-bond donors (Lipinski definition) is 1. The van der Waals surface area contributed by atoms with Crippen LogP contribution < -0.4 is 5.32 Å². The third kappa shape index (κ3) is 4.56. The summed E-state index contributed by atoms with van der Waals surface area (Å²) in [6.07, 6.45) is 3.11. The lowest BCUT2D eigenvalue weighted by Gasteiger charge is -2.12. The highest BCUT2D eigenvalue weighted by Crippen LogP contribution is 2.23. The Hall–Kier alpha value is -2.75. The summed E-state index contributed by atoms with van der Waals surface area (Å²) in [5.74, 6) is -0.377. The van der Waals surface area contributed by atoms with Crippen LogP contribution in [0.4, 0.5) is 5.69 Å². The van der Waals surface area contributed by atoms with Crippen molar-refractivity contribution >= 4 is 40.2 Å². The first-order valence-electron chi connectivity index (χ1n) is 8.68. The molecule has 0 radical (unpaired) electrons. The maximum absolute atomic E-state index is 12.6. The Morgan fingerprint density at radius 3 is 2.61 bits per heavy atom. The van der Waals surface area contributed by atoms with Crippen molar-refractivity contribution in [3.63, 3.8) is 0 Å². The fourth-order valence-corrected chi connectivity index (χ4v) is 3.21. The van der Waals surface area contributed by atoms with Crippen LogP contribution in [0.5, 0.6) is 0 Å². The van der Waals surface area contributed by atoms with Crippen molar-refractivity contribution in [1.29, 1.82) is 0 Å². The minimum atomic E-state index is -0.594.